The number of rotatable bonds is 4. The Kier molecular flexibility index (Phi) is 4.77. The second kappa shape index (κ2) is 6.55. The first-order valence-electron chi connectivity index (χ1n) is 6.53. The van der Waals surface area contributed by atoms with E-state index >= 15 is 0 Å². The molecular formula is C14H18N2O5. The lowest BCUT2D eigenvalue weighted by Gasteiger charge is -2.18. The van der Waals surface area contributed by atoms with Gasteiger partial charge in [-0.2, -0.15) is 0 Å². The summed E-state index contributed by atoms with van der Waals surface area (Å²) >= 11 is 0. The van der Waals surface area contributed by atoms with E-state index in [-0.39, 0.29) is 29.4 Å². The average molecular weight is 294 g/mol. The summed E-state index contributed by atoms with van der Waals surface area (Å²) < 4.78 is 10.4. The predicted octanol–water partition coefficient (Wildman–Crippen LogP) is 0.494. The molecule has 2 atom stereocenters. The van der Waals surface area contributed by atoms with Gasteiger partial charge in [0.15, 0.2) is 0 Å². The maximum atomic E-state index is 12.1. The van der Waals surface area contributed by atoms with Gasteiger partial charge < -0.3 is 25.2 Å². The van der Waals surface area contributed by atoms with Crippen molar-refractivity contribution in [2.75, 3.05) is 25.6 Å². The predicted molar refractivity (Wildman–Crippen MR) is 75.3 cm³/mol. The topological polar surface area (TPSA) is 96.9 Å². The van der Waals surface area contributed by atoms with Crippen LogP contribution >= 0.6 is 0 Å². The van der Waals surface area contributed by atoms with E-state index in [0.717, 1.165) is 0 Å². The van der Waals surface area contributed by atoms with Gasteiger partial charge in [0.2, 0.25) is 5.91 Å². The van der Waals surface area contributed by atoms with Gasteiger partial charge in [-0.3, -0.25) is 9.59 Å². The van der Waals surface area contributed by atoms with Crippen molar-refractivity contribution >= 4 is 17.5 Å². The number of phenols is 1. The third-order valence-electron chi connectivity index (χ3n) is 3.21. The number of benzene rings is 1. The molecule has 1 aromatic carbocycles. The maximum absolute atomic E-state index is 12.1. The summed E-state index contributed by atoms with van der Waals surface area (Å²) in [4.78, 5) is 23.1. The number of ether oxygens (including phenoxy) is 2. The van der Waals surface area contributed by atoms with Crippen molar-refractivity contribution in [2.45, 2.75) is 19.1 Å². The zero-order valence-corrected chi connectivity index (χ0v) is 11.9. The molecule has 1 aliphatic heterocycles. The van der Waals surface area contributed by atoms with E-state index in [0.29, 0.717) is 18.9 Å². The normalized spacial score (nSPS) is 21.0. The van der Waals surface area contributed by atoms with Crippen LogP contribution in [-0.2, 0) is 14.3 Å². The minimum atomic E-state index is -0.417. The minimum Gasteiger partial charge on any atom is -0.507 e. The van der Waals surface area contributed by atoms with Crippen LogP contribution in [0.3, 0.4) is 0 Å². The van der Waals surface area contributed by atoms with Crippen LogP contribution in [0.5, 0.6) is 5.75 Å². The number of phenolic OH excluding ortho intramolecular Hbond substituents is 1. The number of methoxy groups -OCH3 is 1. The quantitative estimate of drug-likeness (QED) is 0.751. The molecule has 7 heteroatoms. The Morgan fingerprint density at radius 1 is 1.38 bits per heavy atom. The first-order valence-corrected chi connectivity index (χ1v) is 6.53. The molecule has 0 unspecified atom stereocenters. The second-order valence-corrected chi connectivity index (χ2v) is 4.80. The van der Waals surface area contributed by atoms with Gasteiger partial charge in [0.05, 0.1) is 24.8 Å². The summed E-state index contributed by atoms with van der Waals surface area (Å²) in [7, 11) is 1.55. The molecule has 0 bridgehead atoms. The van der Waals surface area contributed by atoms with Crippen LogP contribution in [0.2, 0.25) is 0 Å². The summed E-state index contributed by atoms with van der Waals surface area (Å²) in [5.41, 5.74) is 0.557. The molecule has 1 fully saturated rings. The molecule has 7 nitrogen and oxygen atoms in total. The van der Waals surface area contributed by atoms with Crippen molar-refractivity contribution in [2.24, 2.45) is 0 Å². The lowest BCUT2D eigenvalue weighted by molar-refractivity contribution is -0.114. The molecule has 1 aromatic rings. The molecule has 21 heavy (non-hydrogen) atoms. The van der Waals surface area contributed by atoms with Crippen molar-refractivity contribution in [3.05, 3.63) is 23.8 Å². The summed E-state index contributed by atoms with van der Waals surface area (Å²) in [6.45, 7) is 2.16. The van der Waals surface area contributed by atoms with Crippen LogP contribution in [0.1, 0.15) is 17.3 Å². The molecular weight excluding hydrogens is 276 g/mol. The first kappa shape index (κ1) is 15.3. The fraction of sp³-hybridized carbons (Fsp3) is 0.429. The Morgan fingerprint density at radius 2 is 2.14 bits per heavy atom. The molecule has 0 aliphatic carbocycles. The van der Waals surface area contributed by atoms with Gasteiger partial charge in [0, 0.05) is 25.8 Å². The van der Waals surface area contributed by atoms with Gasteiger partial charge in [0.25, 0.3) is 5.91 Å². The van der Waals surface area contributed by atoms with E-state index in [4.69, 9.17) is 9.47 Å². The van der Waals surface area contributed by atoms with Crippen LogP contribution in [-0.4, -0.2) is 49.4 Å². The van der Waals surface area contributed by atoms with Crippen molar-refractivity contribution in [3.8, 4) is 5.75 Å². The Hall–Kier alpha value is -2.12. The highest BCUT2D eigenvalue weighted by molar-refractivity contribution is 5.98. The minimum absolute atomic E-state index is 0.130. The highest BCUT2D eigenvalue weighted by Gasteiger charge is 2.30. The van der Waals surface area contributed by atoms with Crippen molar-refractivity contribution < 1.29 is 24.2 Å². The molecule has 2 rings (SSSR count). The standard InChI is InChI=1S/C14H18N2O5/c1-8(17)15-9-3-4-10(12(18)5-9)14(19)16-11-6-21-7-13(11)20-2/h3-5,11,13,18H,6-7H2,1-2H3,(H,15,17)(H,16,19)/t11-,13-/m0/s1. The molecule has 0 radical (unpaired) electrons. The monoisotopic (exact) mass is 294 g/mol. The van der Waals surface area contributed by atoms with E-state index < -0.39 is 5.91 Å². The third kappa shape index (κ3) is 3.71. The second-order valence-electron chi connectivity index (χ2n) is 4.80. The van der Waals surface area contributed by atoms with E-state index in [1.165, 1.54) is 19.1 Å². The molecule has 0 aromatic heterocycles. The lowest BCUT2D eigenvalue weighted by Crippen LogP contribution is -2.43. The van der Waals surface area contributed by atoms with Gasteiger partial charge in [-0.1, -0.05) is 0 Å². The Morgan fingerprint density at radius 3 is 2.76 bits per heavy atom. The van der Waals surface area contributed by atoms with Crippen molar-refractivity contribution in [3.63, 3.8) is 0 Å². The molecule has 3 N–H and O–H groups in total. The molecule has 1 saturated heterocycles. The van der Waals surface area contributed by atoms with Crippen molar-refractivity contribution in [1.82, 2.24) is 5.32 Å². The molecule has 1 heterocycles. The van der Waals surface area contributed by atoms with Gasteiger partial charge >= 0.3 is 0 Å². The molecule has 1 aliphatic rings. The average Bonchev–Trinajstić information content (AvgIpc) is 2.85. The zero-order chi connectivity index (χ0) is 15.4. The number of carbonyl (C=O) groups excluding carboxylic acids is 2. The molecule has 0 saturated carbocycles. The largest absolute Gasteiger partial charge is 0.507 e. The van der Waals surface area contributed by atoms with Gasteiger partial charge in [-0.25, -0.2) is 0 Å². The summed E-state index contributed by atoms with van der Waals surface area (Å²) in [6.07, 6.45) is -0.199. The summed E-state index contributed by atoms with van der Waals surface area (Å²) in [5, 5.41) is 15.2. The maximum Gasteiger partial charge on any atom is 0.255 e. The molecule has 0 spiro atoms. The Balaban J connectivity index is 2.07. The zero-order valence-electron chi connectivity index (χ0n) is 11.9. The van der Waals surface area contributed by atoms with E-state index in [9.17, 15) is 14.7 Å². The number of carbonyl (C=O) groups is 2. The van der Waals surface area contributed by atoms with Crippen molar-refractivity contribution in [1.29, 1.82) is 0 Å². The fourth-order valence-corrected chi connectivity index (χ4v) is 2.15. The van der Waals surface area contributed by atoms with Crippen LogP contribution in [0, 0.1) is 0 Å². The highest BCUT2D eigenvalue weighted by Crippen LogP contribution is 2.22. The lowest BCUT2D eigenvalue weighted by atomic mass is 10.1. The number of nitrogens with one attached hydrogen (secondary N) is 2. The summed E-state index contributed by atoms with van der Waals surface area (Å²) in [6, 6.07) is 4.08. The molecule has 2 amide bonds. The van der Waals surface area contributed by atoms with E-state index in [1.54, 1.807) is 13.2 Å². The Bertz CT molecular complexity index is 546. The number of aromatic hydroxyl groups is 1. The number of hydrogen-bond donors (Lipinski definition) is 3. The SMILES string of the molecule is CO[C@H]1COC[C@@H]1NC(=O)c1ccc(NC(C)=O)cc1O. The highest BCUT2D eigenvalue weighted by atomic mass is 16.5. The number of anilines is 1. The fourth-order valence-electron chi connectivity index (χ4n) is 2.15. The van der Waals surface area contributed by atoms with Crippen LogP contribution in [0.15, 0.2) is 18.2 Å². The van der Waals surface area contributed by atoms with Crippen LogP contribution in [0.4, 0.5) is 5.69 Å². The summed E-state index contributed by atoms with van der Waals surface area (Å²) in [5.74, 6) is -0.872. The Labute approximate surface area is 122 Å². The van der Waals surface area contributed by atoms with Gasteiger partial charge in [-0.15, -0.1) is 0 Å². The first-order chi connectivity index (χ1) is 10.0. The smallest absolute Gasteiger partial charge is 0.255 e. The molecule has 114 valence electrons. The number of hydrogen-bond acceptors (Lipinski definition) is 5. The van der Waals surface area contributed by atoms with Crippen LogP contribution < -0.4 is 10.6 Å². The van der Waals surface area contributed by atoms with Gasteiger partial charge in [-0.05, 0) is 12.1 Å². The number of amides is 2. The van der Waals surface area contributed by atoms with E-state index in [2.05, 4.69) is 10.6 Å². The third-order valence-corrected chi connectivity index (χ3v) is 3.21. The van der Waals surface area contributed by atoms with Gasteiger partial charge in [0.1, 0.15) is 11.9 Å². The van der Waals surface area contributed by atoms with E-state index in [1.807, 2.05) is 0 Å². The van der Waals surface area contributed by atoms with Crippen LogP contribution in [0.25, 0.3) is 0 Å².